The number of carbonyl (C=O) groups is 3. The number of rotatable bonds is 4. The Labute approximate surface area is 197 Å². The molecule has 1 aliphatic heterocycles. The first-order valence-electron chi connectivity index (χ1n) is 11.9. The lowest BCUT2D eigenvalue weighted by atomic mass is 9.97. The zero-order valence-corrected chi connectivity index (χ0v) is 20.2. The van der Waals surface area contributed by atoms with E-state index < -0.39 is 29.4 Å². The molecule has 8 nitrogen and oxygen atoms in total. The van der Waals surface area contributed by atoms with E-state index in [2.05, 4.69) is 5.32 Å². The number of amides is 1. The molecule has 2 rings (SSSR count). The number of hydrazine groups is 1. The lowest BCUT2D eigenvalue weighted by Gasteiger charge is -2.27. The third-order valence-electron chi connectivity index (χ3n) is 5.48. The van der Waals surface area contributed by atoms with Crippen LogP contribution in [0.5, 0.6) is 0 Å². The van der Waals surface area contributed by atoms with Gasteiger partial charge < -0.3 is 14.8 Å². The molecule has 1 amide bonds. The van der Waals surface area contributed by atoms with Crippen LogP contribution in [0.25, 0.3) is 0 Å². The van der Waals surface area contributed by atoms with Crippen molar-refractivity contribution in [2.24, 2.45) is 11.8 Å². The third-order valence-corrected chi connectivity index (χ3v) is 5.48. The molecule has 2 unspecified atom stereocenters. The van der Waals surface area contributed by atoms with Gasteiger partial charge in [-0.2, -0.15) is 0 Å². The van der Waals surface area contributed by atoms with E-state index in [0.29, 0.717) is 25.9 Å². The molecule has 0 spiro atoms. The number of hydrogen-bond acceptors (Lipinski definition) is 7. The number of carbonyl (C=O) groups excluding carboxylic acids is 3. The Kier molecular flexibility index (Phi) is 10.8. The van der Waals surface area contributed by atoms with Crippen molar-refractivity contribution < 1.29 is 23.9 Å². The highest BCUT2D eigenvalue weighted by Gasteiger charge is 2.34. The number of esters is 2. The van der Waals surface area contributed by atoms with Crippen LogP contribution in [-0.2, 0) is 30.5 Å². The van der Waals surface area contributed by atoms with Gasteiger partial charge in [0.25, 0.3) is 5.91 Å². The molecule has 3 N–H and O–H groups in total. The Bertz CT molecular complexity index is 763. The van der Waals surface area contributed by atoms with Gasteiger partial charge in [0.05, 0.1) is 0 Å². The summed E-state index contributed by atoms with van der Waals surface area (Å²) in [6.45, 7) is 6.61. The Morgan fingerprint density at radius 2 is 1.73 bits per heavy atom. The van der Waals surface area contributed by atoms with Gasteiger partial charge in [-0.05, 0) is 65.0 Å². The molecule has 1 fully saturated rings. The van der Waals surface area contributed by atoms with Gasteiger partial charge in [-0.3, -0.25) is 19.4 Å². The molecule has 0 radical (unpaired) electrons. The minimum atomic E-state index is -0.988. The van der Waals surface area contributed by atoms with E-state index in [0.717, 1.165) is 36.3 Å². The fourth-order valence-electron chi connectivity index (χ4n) is 3.72. The molecule has 1 aromatic rings. The maximum atomic E-state index is 12.9. The summed E-state index contributed by atoms with van der Waals surface area (Å²) >= 11 is 0. The SMILES string of the molecule is CC(C)(C)OC(=O)C1CCCC(C(=O)OCc2ccccc2)NCCCCCCN(N)C1=O. The molecule has 33 heavy (non-hydrogen) atoms. The maximum Gasteiger partial charge on any atom is 0.323 e. The van der Waals surface area contributed by atoms with Crippen LogP contribution >= 0.6 is 0 Å². The van der Waals surface area contributed by atoms with Gasteiger partial charge in [0.2, 0.25) is 0 Å². The molecule has 1 heterocycles. The first-order chi connectivity index (χ1) is 15.7. The average molecular weight is 462 g/mol. The van der Waals surface area contributed by atoms with Crippen molar-refractivity contribution >= 4 is 17.8 Å². The van der Waals surface area contributed by atoms with Crippen LogP contribution in [0.4, 0.5) is 0 Å². The Morgan fingerprint density at radius 1 is 1.03 bits per heavy atom. The number of benzene rings is 1. The van der Waals surface area contributed by atoms with Crippen LogP contribution in [0.1, 0.15) is 71.3 Å². The summed E-state index contributed by atoms with van der Waals surface area (Å²) in [6.07, 6.45) is 4.71. The van der Waals surface area contributed by atoms with Gasteiger partial charge in [-0.15, -0.1) is 0 Å². The minimum Gasteiger partial charge on any atom is -0.460 e. The molecule has 8 heteroatoms. The molecular formula is C25H39N3O5. The van der Waals surface area contributed by atoms with Crippen LogP contribution in [0, 0.1) is 5.92 Å². The molecule has 2 atom stereocenters. The van der Waals surface area contributed by atoms with Crippen LogP contribution in [0.2, 0.25) is 0 Å². The maximum absolute atomic E-state index is 12.9. The molecule has 1 saturated heterocycles. The summed E-state index contributed by atoms with van der Waals surface area (Å²) in [4.78, 5) is 38.4. The quantitative estimate of drug-likeness (QED) is 0.307. The smallest absolute Gasteiger partial charge is 0.323 e. The standard InChI is InChI=1S/C25H39N3O5/c1-25(2,3)33-23(30)20-14-11-15-21(24(31)32-18-19-12-7-6-8-13-19)27-16-9-4-5-10-17-28(26)22(20)29/h6-8,12-13,20-21,27H,4-5,9-11,14-18,26H2,1-3H3. The predicted octanol–water partition coefficient (Wildman–Crippen LogP) is 3.09. The summed E-state index contributed by atoms with van der Waals surface area (Å²) in [7, 11) is 0. The van der Waals surface area contributed by atoms with E-state index in [-0.39, 0.29) is 19.0 Å². The second-order valence-electron chi connectivity index (χ2n) is 9.56. The van der Waals surface area contributed by atoms with Crippen molar-refractivity contribution in [2.45, 2.75) is 84.0 Å². The molecule has 1 aromatic carbocycles. The van der Waals surface area contributed by atoms with Gasteiger partial charge in [-0.25, -0.2) is 5.84 Å². The van der Waals surface area contributed by atoms with Crippen molar-refractivity contribution in [1.29, 1.82) is 0 Å². The molecule has 0 bridgehead atoms. The van der Waals surface area contributed by atoms with E-state index in [1.165, 1.54) is 0 Å². The Hall–Kier alpha value is -2.45. The topological polar surface area (TPSA) is 111 Å². The van der Waals surface area contributed by atoms with Gasteiger partial charge >= 0.3 is 11.9 Å². The lowest BCUT2D eigenvalue weighted by molar-refractivity contribution is -0.165. The van der Waals surface area contributed by atoms with Crippen molar-refractivity contribution in [3.63, 3.8) is 0 Å². The third kappa shape index (κ3) is 9.92. The summed E-state index contributed by atoms with van der Waals surface area (Å²) in [5.74, 6) is 3.65. The monoisotopic (exact) mass is 461 g/mol. The number of hydrogen-bond donors (Lipinski definition) is 2. The van der Waals surface area contributed by atoms with E-state index in [1.807, 2.05) is 30.3 Å². The van der Waals surface area contributed by atoms with Gasteiger partial charge in [0, 0.05) is 6.54 Å². The van der Waals surface area contributed by atoms with Crippen LogP contribution in [0.15, 0.2) is 30.3 Å². The summed E-state index contributed by atoms with van der Waals surface area (Å²) < 4.78 is 11.0. The van der Waals surface area contributed by atoms with E-state index in [1.54, 1.807) is 20.8 Å². The second-order valence-corrected chi connectivity index (χ2v) is 9.56. The Morgan fingerprint density at radius 3 is 2.42 bits per heavy atom. The molecular weight excluding hydrogens is 422 g/mol. The highest BCUT2D eigenvalue weighted by molar-refractivity contribution is 5.97. The average Bonchev–Trinajstić information content (AvgIpc) is 2.76. The van der Waals surface area contributed by atoms with Crippen LogP contribution in [-0.4, -0.2) is 47.6 Å². The van der Waals surface area contributed by atoms with E-state index in [4.69, 9.17) is 15.3 Å². The fraction of sp³-hybridized carbons (Fsp3) is 0.640. The molecule has 0 aromatic heterocycles. The highest BCUT2D eigenvalue weighted by Crippen LogP contribution is 2.20. The zero-order chi connectivity index (χ0) is 24.3. The number of ether oxygens (including phenoxy) is 2. The minimum absolute atomic E-state index is 0.207. The van der Waals surface area contributed by atoms with Gasteiger partial charge in [0.15, 0.2) is 0 Å². The molecule has 0 aliphatic carbocycles. The van der Waals surface area contributed by atoms with Crippen LogP contribution < -0.4 is 11.2 Å². The number of nitrogens with one attached hydrogen (secondary N) is 1. The van der Waals surface area contributed by atoms with Crippen molar-refractivity contribution in [3.05, 3.63) is 35.9 Å². The van der Waals surface area contributed by atoms with Crippen molar-refractivity contribution in [2.75, 3.05) is 13.1 Å². The summed E-state index contributed by atoms with van der Waals surface area (Å²) in [6, 6.07) is 9.03. The summed E-state index contributed by atoms with van der Waals surface area (Å²) in [5.41, 5.74) is 0.215. The van der Waals surface area contributed by atoms with Gasteiger partial charge in [-0.1, -0.05) is 43.2 Å². The largest absolute Gasteiger partial charge is 0.460 e. The molecule has 1 aliphatic rings. The number of nitrogens with zero attached hydrogens (tertiary/aromatic N) is 1. The first kappa shape index (κ1) is 26.8. The lowest BCUT2D eigenvalue weighted by Crippen LogP contribution is -2.46. The first-order valence-corrected chi connectivity index (χ1v) is 11.9. The zero-order valence-electron chi connectivity index (χ0n) is 20.2. The Balaban J connectivity index is 2.05. The second kappa shape index (κ2) is 13.3. The normalized spacial score (nSPS) is 21.7. The van der Waals surface area contributed by atoms with E-state index in [9.17, 15) is 14.4 Å². The van der Waals surface area contributed by atoms with Crippen molar-refractivity contribution in [3.8, 4) is 0 Å². The predicted molar refractivity (Wildman–Crippen MR) is 126 cm³/mol. The highest BCUT2D eigenvalue weighted by atomic mass is 16.6. The summed E-state index contributed by atoms with van der Waals surface area (Å²) in [5, 5.41) is 4.44. The van der Waals surface area contributed by atoms with Crippen LogP contribution in [0.3, 0.4) is 0 Å². The van der Waals surface area contributed by atoms with Gasteiger partial charge in [0.1, 0.15) is 24.2 Å². The molecule has 0 saturated carbocycles. The van der Waals surface area contributed by atoms with E-state index >= 15 is 0 Å². The molecule has 184 valence electrons. The number of nitrogens with two attached hydrogens (primary N) is 1. The fourth-order valence-corrected chi connectivity index (χ4v) is 3.72. The van der Waals surface area contributed by atoms with Crippen molar-refractivity contribution in [1.82, 2.24) is 10.3 Å².